The molecule has 0 aliphatic heterocycles. The fraction of sp³-hybridized carbons (Fsp3) is 0.292. The lowest BCUT2D eigenvalue weighted by Crippen LogP contribution is -2.52. The third-order valence-electron chi connectivity index (χ3n) is 5.85. The molecule has 164 valence electrons. The number of carbonyl (C=O) groups is 1. The van der Waals surface area contributed by atoms with E-state index in [1.54, 1.807) is 18.3 Å². The molecule has 8 nitrogen and oxygen atoms in total. The number of anilines is 2. The first-order valence-electron chi connectivity index (χ1n) is 10.7. The number of nitrogen functional groups attached to an aromatic ring is 1. The Balaban J connectivity index is 1.47. The molecule has 1 aliphatic carbocycles. The van der Waals surface area contributed by atoms with Gasteiger partial charge in [-0.1, -0.05) is 13.0 Å². The fourth-order valence-corrected chi connectivity index (χ4v) is 3.89. The Bertz CT molecular complexity index is 1170. The fourth-order valence-electron chi connectivity index (χ4n) is 3.89. The summed E-state index contributed by atoms with van der Waals surface area (Å²) in [4.78, 5) is 25.9. The van der Waals surface area contributed by atoms with Crippen LogP contribution in [0.4, 0.5) is 16.3 Å². The number of nitrogens with two attached hydrogens (primary N) is 1. The number of nitrogens with one attached hydrogen (secondary N) is 3. The number of amides is 2. The van der Waals surface area contributed by atoms with Gasteiger partial charge in [-0.2, -0.15) is 0 Å². The maximum absolute atomic E-state index is 12.8. The van der Waals surface area contributed by atoms with Gasteiger partial charge in [-0.15, -0.1) is 0 Å². The number of hydrogen-bond donors (Lipinski definition) is 4. The smallest absolute Gasteiger partial charge is 0.321 e. The lowest BCUT2D eigenvalue weighted by molar-refractivity contribution is 0.180. The van der Waals surface area contributed by atoms with E-state index < -0.39 is 5.54 Å². The van der Waals surface area contributed by atoms with Crippen LogP contribution in [0.1, 0.15) is 54.4 Å². The number of carbonyl (C=O) groups excluding carboxylic acids is 1. The zero-order chi connectivity index (χ0) is 22.7. The van der Waals surface area contributed by atoms with Crippen molar-refractivity contribution in [2.24, 2.45) is 0 Å². The van der Waals surface area contributed by atoms with E-state index in [4.69, 9.17) is 16.1 Å². The molecule has 0 aromatic carbocycles. The van der Waals surface area contributed by atoms with E-state index in [9.17, 15) is 4.79 Å². The van der Waals surface area contributed by atoms with Gasteiger partial charge in [-0.3, -0.25) is 20.7 Å². The summed E-state index contributed by atoms with van der Waals surface area (Å²) in [6.07, 6.45) is 6.74. The van der Waals surface area contributed by atoms with Gasteiger partial charge >= 0.3 is 6.03 Å². The van der Waals surface area contributed by atoms with E-state index >= 15 is 0 Å². The molecule has 32 heavy (non-hydrogen) atoms. The predicted octanol–water partition coefficient (Wildman–Crippen LogP) is 3.94. The van der Waals surface area contributed by atoms with Crippen molar-refractivity contribution in [3.63, 3.8) is 0 Å². The standard InChI is InChI=1S/C24H27N7O/c1-3-17-6-4-7-20(29-17)24(9-5-10-24)31-23(32)30-21-13-19(25)18(14-28-21)22(26)16-8-11-27-15(2)12-16/h4,6-8,11-14,26H,3,5,9-10H2,1-2H3,(H4,25,28,30,31,32). The summed E-state index contributed by atoms with van der Waals surface area (Å²) in [6.45, 7) is 3.93. The SMILES string of the molecule is CCc1cccc(C2(NC(=O)Nc3cc(N)c(C(=N)c4ccnc(C)c4)cn3)CCC2)n1. The second-order valence-corrected chi connectivity index (χ2v) is 8.10. The van der Waals surface area contributed by atoms with E-state index in [0.29, 0.717) is 22.6 Å². The van der Waals surface area contributed by atoms with Crippen molar-refractivity contribution in [2.75, 3.05) is 11.1 Å². The molecule has 0 saturated heterocycles. The highest BCUT2D eigenvalue weighted by Crippen LogP contribution is 2.40. The molecule has 0 bridgehead atoms. The van der Waals surface area contributed by atoms with Crippen LogP contribution in [0, 0.1) is 12.3 Å². The van der Waals surface area contributed by atoms with E-state index in [1.165, 1.54) is 6.20 Å². The van der Waals surface area contributed by atoms with Crippen molar-refractivity contribution in [2.45, 2.75) is 45.1 Å². The molecule has 0 spiro atoms. The molecule has 3 aromatic rings. The van der Waals surface area contributed by atoms with Crippen LogP contribution in [0.2, 0.25) is 0 Å². The summed E-state index contributed by atoms with van der Waals surface area (Å²) in [5.74, 6) is 0.326. The van der Waals surface area contributed by atoms with Crippen LogP contribution >= 0.6 is 0 Å². The zero-order valence-electron chi connectivity index (χ0n) is 18.3. The van der Waals surface area contributed by atoms with Gasteiger partial charge in [0.15, 0.2) is 0 Å². The third-order valence-corrected chi connectivity index (χ3v) is 5.85. The topological polar surface area (TPSA) is 130 Å². The molecule has 2 amide bonds. The first kappa shape index (κ1) is 21.4. The normalized spacial score (nSPS) is 14.3. The highest BCUT2D eigenvalue weighted by molar-refractivity contribution is 6.13. The zero-order valence-corrected chi connectivity index (χ0v) is 18.3. The number of urea groups is 1. The van der Waals surface area contributed by atoms with Crippen LogP contribution in [0.5, 0.6) is 0 Å². The summed E-state index contributed by atoms with van der Waals surface area (Å²) in [5, 5.41) is 14.3. The maximum Gasteiger partial charge on any atom is 0.321 e. The van der Waals surface area contributed by atoms with Gasteiger partial charge in [0.1, 0.15) is 5.82 Å². The van der Waals surface area contributed by atoms with Crippen molar-refractivity contribution in [1.82, 2.24) is 20.3 Å². The van der Waals surface area contributed by atoms with Crippen molar-refractivity contribution in [3.05, 3.63) is 77.0 Å². The Labute approximate surface area is 187 Å². The van der Waals surface area contributed by atoms with Crippen molar-refractivity contribution < 1.29 is 4.79 Å². The maximum atomic E-state index is 12.8. The first-order chi connectivity index (χ1) is 15.4. The first-order valence-corrected chi connectivity index (χ1v) is 10.7. The molecule has 1 aliphatic rings. The average molecular weight is 430 g/mol. The van der Waals surface area contributed by atoms with Crippen LogP contribution in [0.25, 0.3) is 0 Å². The molecule has 3 heterocycles. The molecule has 5 N–H and O–H groups in total. The van der Waals surface area contributed by atoms with E-state index in [-0.39, 0.29) is 11.7 Å². The molecular weight excluding hydrogens is 402 g/mol. The van der Waals surface area contributed by atoms with Gasteiger partial charge in [-0.05, 0) is 56.9 Å². The van der Waals surface area contributed by atoms with E-state index in [0.717, 1.165) is 42.8 Å². The third kappa shape index (κ3) is 4.30. The highest BCUT2D eigenvalue weighted by Gasteiger charge is 2.41. The molecule has 3 aromatic heterocycles. The van der Waals surface area contributed by atoms with Crippen LogP contribution < -0.4 is 16.4 Å². The van der Waals surface area contributed by atoms with Gasteiger partial charge in [-0.25, -0.2) is 9.78 Å². The Morgan fingerprint density at radius 1 is 1.22 bits per heavy atom. The minimum Gasteiger partial charge on any atom is -0.398 e. The molecule has 0 radical (unpaired) electrons. The van der Waals surface area contributed by atoms with Crippen molar-refractivity contribution in [1.29, 1.82) is 5.41 Å². The lowest BCUT2D eigenvalue weighted by atomic mass is 9.74. The molecular formula is C24H27N7O. The monoisotopic (exact) mass is 429 g/mol. The van der Waals surface area contributed by atoms with Gasteiger partial charge in [0.2, 0.25) is 0 Å². The van der Waals surface area contributed by atoms with Gasteiger partial charge < -0.3 is 11.1 Å². The predicted molar refractivity (Wildman–Crippen MR) is 125 cm³/mol. The van der Waals surface area contributed by atoms with Crippen molar-refractivity contribution in [3.8, 4) is 0 Å². The number of aryl methyl sites for hydroxylation is 2. The van der Waals surface area contributed by atoms with E-state index in [1.807, 2.05) is 31.2 Å². The largest absolute Gasteiger partial charge is 0.398 e. The minimum absolute atomic E-state index is 0.256. The Hall–Kier alpha value is -3.81. The average Bonchev–Trinajstić information content (AvgIpc) is 2.76. The number of pyridine rings is 3. The second-order valence-electron chi connectivity index (χ2n) is 8.10. The van der Waals surface area contributed by atoms with Gasteiger partial charge in [0.05, 0.1) is 16.9 Å². The summed E-state index contributed by atoms with van der Waals surface area (Å²) in [5.41, 5.74) is 10.3. The number of nitrogens with zero attached hydrogens (tertiary/aromatic N) is 3. The Morgan fingerprint density at radius 2 is 2.03 bits per heavy atom. The van der Waals surface area contributed by atoms with Gasteiger partial charge in [0.25, 0.3) is 0 Å². The number of aromatic nitrogens is 3. The van der Waals surface area contributed by atoms with E-state index in [2.05, 4.69) is 27.5 Å². The van der Waals surface area contributed by atoms with Gasteiger partial charge in [0, 0.05) is 46.7 Å². The summed E-state index contributed by atoms with van der Waals surface area (Å²) in [6, 6.07) is 10.7. The minimum atomic E-state index is -0.456. The van der Waals surface area contributed by atoms with Crippen molar-refractivity contribution >= 4 is 23.2 Å². The number of rotatable bonds is 6. The quantitative estimate of drug-likeness (QED) is 0.441. The second kappa shape index (κ2) is 8.74. The summed E-state index contributed by atoms with van der Waals surface area (Å²) < 4.78 is 0. The molecule has 1 fully saturated rings. The molecule has 0 unspecified atom stereocenters. The molecule has 8 heteroatoms. The van der Waals surface area contributed by atoms with Crippen LogP contribution in [-0.4, -0.2) is 26.7 Å². The summed E-state index contributed by atoms with van der Waals surface area (Å²) in [7, 11) is 0. The molecule has 0 atom stereocenters. The van der Waals surface area contributed by atoms with Crippen LogP contribution in [0.15, 0.2) is 48.8 Å². The Morgan fingerprint density at radius 3 is 2.69 bits per heavy atom. The lowest BCUT2D eigenvalue weighted by Gasteiger charge is -2.42. The van der Waals surface area contributed by atoms with Crippen LogP contribution in [0.3, 0.4) is 0 Å². The molecule has 1 saturated carbocycles. The number of hydrogen-bond acceptors (Lipinski definition) is 6. The molecule has 4 rings (SSSR count). The highest BCUT2D eigenvalue weighted by atomic mass is 16.2. The Kier molecular flexibility index (Phi) is 5.85. The summed E-state index contributed by atoms with van der Waals surface area (Å²) >= 11 is 0. The van der Waals surface area contributed by atoms with Crippen LogP contribution in [-0.2, 0) is 12.0 Å².